The number of amides is 1. The fourth-order valence-corrected chi connectivity index (χ4v) is 3.54. The van der Waals surface area contributed by atoms with Crippen molar-refractivity contribution in [2.75, 3.05) is 4.90 Å². The lowest BCUT2D eigenvalue weighted by molar-refractivity contribution is -0.113. The number of carbonyl (C=O) groups is 1. The predicted molar refractivity (Wildman–Crippen MR) is 93.5 cm³/mol. The summed E-state index contributed by atoms with van der Waals surface area (Å²) in [5, 5.41) is 0.611. The van der Waals surface area contributed by atoms with Crippen LogP contribution in [0.15, 0.2) is 50.4 Å². The molecule has 1 aliphatic rings. The Morgan fingerprint density at radius 3 is 2.57 bits per heavy atom. The van der Waals surface area contributed by atoms with E-state index in [4.69, 9.17) is 28.2 Å². The molecule has 1 aliphatic heterocycles. The van der Waals surface area contributed by atoms with Crippen LogP contribution in [0.5, 0.6) is 0 Å². The molecule has 0 saturated carbocycles. The molecule has 1 aromatic carbocycles. The summed E-state index contributed by atoms with van der Waals surface area (Å²) in [7, 11) is 0. The number of nitrogens with zero attached hydrogens (tertiary/aromatic N) is 1. The molecule has 2 heterocycles. The summed E-state index contributed by atoms with van der Waals surface area (Å²) in [6.45, 7) is 0. The molecule has 1 amide bonds. The molecule has 0 unspecified atom stereocenters. The van der Waals surface area contributed by atoms with E-state index in [1.54, 1.807) is 42.5 Å². The second-order valence-electron chi connectivity index (χ2n) is 4.14. The first-order chi connectivity index (χ1) is 10.0. The first-order valence-electron chi connectivity index (χ1n) is 5.83. The van der Waals surface area contributed by atoms with Gasteiger partial charge in [0.2, 0.25) is 0 Å². The van der Waals surface area contributed by atoms with Crippen LogP contribution in [0.2, 0.25) is 5.02 Å². The number of carbonyl (C=O) groups excluding carboxylic acids is 1. The van der Waals surface area contributed by atoms with Crippen LogP contribution in [0.3, 0.4) is 0 Å². The monoisotopic (exact) mass is 399 g/mol. The van der Waals surface area contributed by atoms with Crippen molar-refractivity contribution in [3.05, 3.63) is 56.8 Å². The Labute approximate surface area is 144 Å². The molecular weight excluding hydrogens is 394 g/mol. The number of thioether (sulfide) groups is 1. The minimum Gasteiger partial charge on any atom is -0.450 e. The molecule has 0 bridgehead atoms. The van der Waals surface area contributed by atoms with E-state index in [2.05, 4.69) is 15.9 Å². The van der Waals surface area contributed by atoms with Gasteiger partial charge in [-0.1, -0.05) is 35.6 Å². The van der Waals surface area contributed by atoms with Crippen molar-refractivity contribution < 1.29 is 9.21 Å². The Morgan fingerprint density at radius 1 is 1.24 bits per heavy atom. The number of anilines is 1. The largest absolute Gasteiger partial charge is 0.450 e. The molecule has 0 atom stereocenters. The van der Waals surface area contributed by atoms with Crippen molar-refractivity contribution in [3.8, 4) is 0 Å². The van der Waals surface area contributed by atoms with Crippen LogP contribution < -0.4 is 4.90 Å². The Hall–Kier alpha value is -1.08. The Bertz CT molecular complexity index is 755. The molecule has 3 rings (SSSR count). The molecule has 0 radical (unpaired) electrons. The molecule has 106 valence electrons. The second kappa shape index (κ2) is 5.96. The van der Waals surface area contributed by atoms with E-state index < -0.39 is 0 Å². The molecular formula is C14H7BrClNO2S2. The maximum atomic E-state index is 12.5. The van der Waals surface area contributed by atoms with E-state index >= 15 is 0 Å². The highest BCUT2D eigenvalue weighted by atomic mass is 79.9. The second-order valence-corrected chi connectivity index (χ2v) is 7.03. The van der Waals surface area contributed by atoms with Crippen LogP contribution in [-0.4, -0.2) is 10.2 Å². The van der Waals surface area contributed by atoms with Gasteiger partial charge in [-0.25, -0.2) is 0 Å². The van der Waals surface area contributed by atoms with Crippen LogP contribution >= 0.6 is 51.5 Å². The van der Waals surface area contributed by atoms with E-state index in [0.29, 0.717) is 30.4 Å². The zero-order valence-corrected chi connectivity index (χ0v) is 14.4. The lowest BCUT2D eigenvalue weighted by Crippen LogP contribution is -2.27. The van der Waals surface area contributed by atoms with Gasteiger partial charge in [-0.3, -0.25) is 9.69 Å². The number of halogens is 2. The van der Waals surface area contributed by atoms with Crippen molar-refractivity contribution >= 4 is 73.5 Å². The molecule has 0 aliphatic carbocycles. The van der Waals surface area contributed by atoms with Gasteiger partial charge in [-0.15, -0.1) is 0 Å². The third-order valence-electron chi connectivity index (χ3n) is 2.75. The van der Waals surface area contributed by atoms with Crippen LogP contribution in [0.1, 0.15) is 5.76 Å². The van der Waals surface area contributed by atoms with E-state index in [0.717, 1.165) is 0 Å². The fourth-order valence-electron chi connectivity index (χ4n) is 1.82. The van der Waals surface area contributed by atoms with E-state index in [-0.39, 0.29) is 5.91 Å². The van der Waals surface area contributed by atoms with Gasteiger partial charge in [0.15, 0.2) is 8.99 Å². The summed E-state index contributed by atoms with van der Waals surface area (Å²) in [6, 6.07) is 10.5. The molecule has 0 spiro atoms. The van der Waals surface area contributed by atoms with Crippen molar-refractivity contribution in [1.82, 2.24) is 0 Å². The van der Waals surface area contributed by atoms with Crippen molar-refractivity contribution in [2.45, 2.75) is 0 Å². The van der Waals surface area contributed by atoms with Gasteiger partial charge < -0.3 is 4.42 Å². The maximum Gasteiger partial charge on any atom is 0.270 e. The summed E-state index contributed by atoms with van der Waals surface area (Å²) in [5.74, 6) is 0.429. The number of rotatable bonds is 2. The van der Waals surface area contributed by atoms with Gasteiger partial charge in [-0.05, 0) is 52.3 Å². The number of hydrogen-bond donors (Lipinski definition) is 0. The topological polar surface area (TPSA) is 33.5 Å². The Morgan fingerprint density at radius 2 is 1.95 bits per heavy atom. The van der Waals surface area contributed by atoms with Gasteiger partial charge in [-0.2, -0.15) is 0 Å². The van der Waals surface area contributed by atoms with Crippen LogP contribution in [0.25, 0.3) is 6.08 Å². The number of furan rings is 1. The number of thiocarbonyl (C=S) groups is 1. The van der Waals surface area contributed by atoms with E-state index in [1.807, 2.05) is 0 Å². The van der Waals surface area contributed by atoms with Gasteiger partial charge >= 0.3 is 0 Å². The highest BCUT2D eigenvalue weighted by Crippen LogP contribution is 2.36. The predicted octanol–water partition coefficient (Wildman–Crippen LogP) is 5.10. The molecule has 1 saturated heterocycles. The fraction of sp³-hybridized carbons (Fsp3) is 0. The average Bonchev–Trinajstić information content (AvgIpc) is 2.96. The summed E-state index contributed by atoms with van der Waals surface area (Å²) in [4.78, 5) is 14.5. The van der Waals surface area contributed by atoms with E-state index in [9.17, 15) is 4.79 Å². The zero-order valence-electron chi connectivity index (χ0n) is 10.4. The Balaban J connectivity index is 1.92. The summed E-state index contributed by atoms with van der Waals surface area (Å²) in [5.41, 5.74) is 0.700. The van der Waals surface area contributed by atoms with Gasteiger partial charge in [0.1, 0.15) is 5.76 Å². The summed E-state index contributed by atoms with van der Waals surface area (Å²) in [6.07, 6.45) is 1.68. The van der Waals surface area contributed by atoms with Crippen molar-refractivity contribution in [2.24, 2.45) is 0 Å². The van der Waals surface area contributed by atoms with Crippen LogP contribution in [0, 0.1) is 0 Å². The quantitative estimate of drug-likeness (QED) is 0.518. The van der Waals surface area contributed by atoms with Gasteiger partial charge in [0, 0.05) is 11.1 Å². The minimum absolute atomic E-state index is 0.167. The molecule has 3 nitrogen and oxygen atoms in total. The molecule has 7 heteroatoms. The zero-order chi connectivity index (χ0) is 15.0. The molecule has 1 aromatic heterocycles. The number of hydrogen-bond acceptors (Lipinski definition) is 4. The SMILES string of the molecule is O=C1/C(=C\c2ccc(Br)o2)SC(=S)N1c1ccc(Cl)cc1. The van der Waals surface area contributed by atoms with Crippen LogP contribution in [-0.2, 0) is 4.79 Å². The molecule has 2 aromatic rings. The van der Waals surface area contributed by atoms with Gasteiger partial charge in [0.05, 0.1) is 10.6 Å². The highest BCUT2D eigenvalue weighted by Gasteiger charge is 2.33. The minimum atomic E-state index is -0.167. The normalized spacial score (nSPS) is 17.0. The van der Waals surface area contributed by atoms with E-state index in [1.165, 1.54) is 16.7 Å². The standard InChI is InChI=1S/C14H7BrClNO2S2/c15-12-6-5-10(19-12)7-11-13(18)17(14(20)21-11)9-3-1-8(16)2-4-9/h1-7H/b11-7+. The lowest BCUT2D eigenvalue weighted by atomic mass is 10.3. The van der Waals surface area contributed by atoms with Crippen LogP contribution in [0.4, 0.5) is 5.69 Å². The van der Waals surface area contributed by atoms with Gasteiger partial charge in [0.25, 0.3) is 5.91 Å². The maximum absolute atomic E-state index is 12.5. The third kappa shape index (κ3) is 3.08. The summed E-state index contributed by atoms with van der Waals surface area (Å²) < 4.78 is 6.48. The smallest absolute Gasteiger partial charge is 0.270 e. The lowest BCUT2D eigenvalue weighted by Gasteiger charge is -2.14. The first-order valence-corrected chi connectivity index (χ1v) is 8.23. The molecule has 0 N–H and O–H groups in total. The van der Waals surface area contributed by atoms with Crippen molar-refractivity contribution in [1.29, 1.82) is 0 Å². The highest BCUT2D eigenvalue weighted by molar-refractivity contribution is 9.10. The molecule has 21 heavy (non-hydrogen) atoms. The third-order valence-corrected chi connectivity index (χ3v) is 4.73. The summed E-state index contributed by atoms with van der Waals surface area (Å²) >= 11 is 15.6. The van der Waals surface area contributed by atoms with Crippen molar-refractivity contribution in [3.63, 3.8) is 0 Å². The molecule has 1 fully saturated rings. The Kier molecular flexibility index (Phi) is 4.21. The average molecular weight is 401 g/mol. The number of benzene rings is 1. The first kappa shape index (κ1) is 14.8.